The van der Waals surface area contributed by atoms with Gasteiger partial charge in [-0.15, -0.1) is 0 Å². The van der Waals surface area contributed by atoms with Gasteiger partial charge in [0.25, 0.3) is 11.4 Å². The molecule has 19 heavy (non-hydrogen) atoms. The highest BCUT2D eigenvalue weighted by molar-refractivity contribution is 6.12. The van der Waals surface area contributed by atoms with Crippen LogP contribution in [0.15, 0.2) is 23.2 Å². The third-order valence-electron chi connectivity index (χ3n) is 2.81. The minimum atomic E-state index is -1.82. The van der Waals surface area contributed by atoms with Crippen molar-refractivity contribution in [2.45, 2.75) is 38.7 Å². The van der Waals surface area contributed by atoms with Gasteiger partial charge >= 0.3 is 0 Å². The van der Waals surface area contributed by atoms with E-state index in [0.29, 0.717) is 6.42 Å². The van der Waals surface area contributed by atoms with Gasteiger partial charge in [-0.2, -0.15) is 0 Å². The molecule has 1 N–H and O–H groups in total. The van der Waals surface area contributed by atoms with Crippen molar-refractivity contribution in [1.29, 1.82) is 0 Å². The molecule has 0 aromatic rings. The molecule has 0 saturated heterocycles. The SMILES string of the molecule is COC1=C(OC)C(O)(C#CCCCC=C(C)C)C1=O. The summed E-state index contributed by atoms with van der Waals surface area (Å²) in [5, 5.41) is 10.1. The van der Waals surface area contributed by atoms with E-state index in [-0.39, 0.29) is 11.5 Å². The molecule has 1 aliphatic rings. The second-order valence-corrected chi connectivity index (χ2v) is 4.58. The quantitative estimate of drug-likeness (QED) is 0.468. The molecule has 0 aromatic heterocycles. The average Bonchev–Trinajstić information content (AvgIpc) is 2.38. The average molecular weight is 264 g/mol. The van der Waals surface area contributed by atoms with Gasteiger partial charge in [-0.1, -0.05) is 23.5 Å². The molecule has 0 radical (unpaired) electrons. The Morgan fingerprint density at radius 3 is 2.58 bits per heavy atom. The number of carbonyl (C=O) groups is 1. The molecule has 104 valence electrons. The minimum absolute atomic E-state index is 0.0452. The predicted molar refractivity (Wildman–Crippen MR) is 72.1 cm³/mol. The van der Waals surface area contributed by atoms with Crippen molar-refractivity contribution in [1.82, 2.24) is 0 Å². The van der Waals surface area contributed by atoms with Crippen molar-refractivity contribution in [3.8, 4) is 11.8 Å². The first-order chi connectivity index (χ1) is 8.97. The van der Waals surface area contributed by atoms with Gasteiger partial charge in [0.2, 0.25) is 5.76 Å². The summed E-state index contributed by atoms with van der Waals surface area (Å²) in [6, 6.07) is 0. The number of unbranched alkanes of at least 4 members (excludes halogenated alkanes) is 2. The molecule has 1 aliphatic carbocycles. The van der Waals surface area contributed by atoms with E-state index in [4.69, 9.17) is 9.47 Å². The van der Waals surface area contributed by atoms with Crippen LogP contribution < -0.4 is 0 Å². The van der Waals surface area contributed by atoms with E-state index in [1.807, 2.05) is 13.8 Å². The number of methoxy groups -OCH3 is 2. The van der Waals surface area contributed by atoms with Crippen molar-refractivity contribution in [3.05, 3.63) is 23.2 Å². The van der Waals surface area contributed by atoms with E-state index in [2.05, 4.69) is 17.9 Å². The van der Waals surface area contributed by atoms with Crippen LogP contribution >= 0.6 is 0 Å². The van der Waals surface area contributed by atoms with Crippen LogP contribution in [0.1, 0.15) is 33.1 Å². The van der Waals surface area contributed by atoms with Crippen LogP contribution in [0, 0.1) is 11.8 Å². The summed E-state index contributed by atoms with van der Waals surface area (Å²) in [6.07, 6.45) is 4.60. The number of Topliss-reactive ketones (excluding diaryl/α,β-unsaturated/α-hetero) is 1. The lowest BCUT2D eigenvalue weighted by Crippen LogP contribution is -2.51. The summed E-state index contributed by atoms with van der Waals surface area (Å²) in [5.74, 6) is 4.99. The van der Waals surface area contributed by atoms with Gasteiger partial charge in [-0.25, -0.2) is 0 Å². The number of ketones is 1. The van der Waals surface area contributed by atoms with Gasteiger partial charge in [0.1, 0.15) is 0 Å². The summed E-state index contributed by atoms with van der Waals surface area (Å²) in [7, 11) is 2.74. The topological polar surface area (TPSA) is 55.8 Å². The lowest BCUT2D eigenvalue weighted by molar-refractivity contribution is -0.138. The van der Waals surface area contributed by atoms with E-state index in [0.717, 1.165) is 12.8 Å². The normalized spacial score (nSPS) is 21.2. The molecular formula is C15H20O4. The largest absolute Gasteiger partial charge is 0.493 e. The standard InChI is InChI=1S/C15H20O4/c1-11(2)9-7-5-6-8-10-15(17)13(16)12(18-3)14(15)19-4/h9,17H,5-7H2,1-4H3. The molecule has 4 heteroatoms. The Morgan fingerprint density at radius 1 is 1.37 bits per heavy atom. The van der Waals surface area contributed by atoms with Crippen molar-refractivity contribution in [2.24, 2.45) is 0 Å². The van der Waals surface area contributed by atoms with Gasteiger partial charge in [0, 0.05) is 6.42 Å². The van der Waals surface area contributed by atoms with Crippen LogP contribution in [0.3, 0.4) is 0 Å². The number of hydrogen-bond acceptors (Lipinski definition) is 4. The van der Waals surface area contributed by atoms with Crippen LogP contribution in [0.25, 0.3) is 0 Å². The van der Waals surface area contributed by atoms with Crippen LogP contribution in [-0.2, 0) is 14.3 Å². The third-order valence-corrected chi connectivity index (χ3v) is 2.81. The maximum atomic E-state index is 11.7. The number of carbonyl (C=O) groups excluding carboxylic acids is 1. The number of rotatable bonds is 5. The molecule has 0 bridgehead atoms. The summed E-state index contributed by atoms with van der Waals surface area (Å²) in [5.41, 5.74) is -0.550. The first-order valence-corrected chi connectivity index (χ1v) is 6.20. The Morgan fingerprint density at radius 2 is 2.05 bits per heavy atom. The van der Waals surface area contributed by atoms with Crippen LogP contribution in [0.2, 0.25) is 0 Å². The molecule has 1 atom stereocenters. The van der Waals surface area contributed by atoms with Gasteiger partial charge in [-0.3, -0.25) is 4.79 Å². The van der Waals surface area contributed by atoms with Crippen LogP contribution in [0.5, 0.6) is 0 Å². The first kappa shape index (κ1) is 15.3. The van der Waals surface area contributed by atoms with Gasteiger partial charge in [-0.05, 0) is 26.7 Å². The maximum absolute atomic E-state index is 11.7. The van der Waals surface area contributed by atoms with Gasteiger partial charge in [0.05, 0.1) is 14.2 Å². The van der Waals surface area contributed by atoms with Crippen molar-refractivity contribution < 1.29 is 19.4 Å². The molecule has 0 amide bonds. The molecule has 1 unspecified atom stereocenters. The third kappa shape index (κ3) is 3.18. The number of aliphatic hydroxyl groups is 1. The highest BCUT2D eigenvalue weighted by Gasteiger charge is 2.55. The zero-order valence-electron chi connectivity index (χ0n) is 11.9. The number of allylic oxidation sites excluding steroid dienone is 2. The van der Waals surface area contributed by atoms with Crippen molar-refractivity contribution in [2.75, 3.05) is 14.2 Å². The summed E-state index contributed by atoms with van der Waals surface area (Å²) >= 11 is 0. The van der Waals surface area contributed by atoms with Crippen molar-refractivity contribution in [3.63, 3.8) is 0 Å². The molecule has 0 spiro atoms. The molecule has 0 heterocycles. The molecule has 4 nitrogen and oxygen atoms in total. The lowest BCUT2D eigenvalue weighted by Gasteiger charge is -2.32. The van der Waals surface area contributed by atoms with E-state index in [1.54, 1.807) is 0 Å². The number of hydrogen-bond donors (Lipinski definition) is 1. The van der Waals surface area contributed by atoms with Gasteiger partial charge < -0.3 is 14.6 Å². The number of ether oxygens (including phenoxy) is 2. The first-order valence-electron chi connectivity index (χ1n) is 6.20. The Labute approximate surface area is 114 Å². The zero-order chi connectivity index (χ0) is 14.5. The summed E-state index contributed by atoms with van der Waals surface area (Å²) in [6.45, 7) is 4.09. The molecule has 0 fully saturated rings. The monoisotopic (exact) mass is 264 g/mol. The van der Waals surface area contributed by atoms with Crippen LogP contribution in [0.4, 0.5) is 0 Å². The fourth-order valence-corrected chi connectivity index (χ4v) is 1.78. The second kappa shape index (κ2) is 6.44. The Hall–Kier alpha value is -1.73. The molecule has 0 aromatic carbocycles. The van der Waals surface area contributed by atoms with E-state index in [1.165, 1.54) is 19.8 Å². The Balaban J connectivity index is 2.61. The minimum Gasteiger partial charge on any atom is -0.493 e. The maximum Gasteiger partial charge on any atom is 0.254 e. The lowest BCUT2D eigenvalue weighted by atomic mass is 9.83. The smallest absolute Gasteiger partial charge is 0.254 e. The fraction of sp³-hybridized carbons (Fsp3) is 0.533. The fourth-order valence-electron chi connectivity index (χ4n) is 1.78. The van der Waals surface area contributed by atoms with E-state index >= 15 is 0 Å². The molecule has 1 rings (SSSR count). The van der Waals surface area contributed by atoms with E-state index < -0.39 is 11.4 Å². The summed E-state index contributed by atoms with van der Waals surface area (Å²) in [4.78, 5) is 11.7. The molecule has 0 aliphatic heterocycles. The highest BCUT2D eigenvalue weighted by Crippen LogP contribution is 2.35. The van der Waals surface area contributed by atoms with Crippen molar-refractivity contribution >= 4 is 5.78 Å². The van der Waals surface area contributed by atoms with Crippen LogP contribution in [-0.4, -0.2) is 30.7 Å². The van der Waals surface area contributed by atoms with E-state index in [9.17, 15) is 9.90 Å². The molecule has 0 saturated carbocycles. The second-order valence-electron chi connectivity index (χ2n) is 4.58. The summed E-state index contributed by atoms with van der Waals surface area (Å²) < 4.78 is 9.80. The highest BCUT2D eigenvalue weighted by atomic mass is 16.5. The zero-order valence-corrected chi connectivity index (χ0v) is 11.9. The Kier molecular flexibility index (Phi) is 5.20. The predicted octanol–water partition coefficient (Wildman–Crippen LogP) is 1.94. The van der Waals surface area contributed by atoms with Gasteiger partial charge in [0.15, 0.2) is 5.76 Å². The molecular weight excluding hydrogens is 244 g/mol. The Bertz CT molecular complexity index is 472.